The van der Waals surface area contributed by atoms with E-state index in [1.54, 1.807) is 6.92 Å². The summed E-state index contributed by atoms with van der Waals surface area (Å²) in [4.78, 5) is 13.0. The molecule has 0 aliphatic heterocycles. The van der Waals surface area contributed by atoms with Crippen LogP contribution in [0.1, 0.15) is 43.9 Å². The Labute approximate surface area is 183 Å². The van der Waals surface area contributed by atoms with E-state index in [0.717, 1.165) is 40.6 Å². The summed E-state index contributed by atoms with van der Waals surface area (Å²) in [6, 6.07) is 8.81. The first-order valence-electron chi connectivity index (χ1n) is 9.95. The van der Waals surface area contributed by atoms with Crippen LogP contribution < -0.4 is 9.62 Å². The molecule has 0 saturated carbocycles. The maximum absolute atomic E-state index is 13.6. The van der Waals surface area contributed by atoms with Crippen molar-refractivity contribution in [1.82, 2.24) is 5.32 Å². The average Bonchev–Trinajstić information content (AvgIpc) is 2.71. The first-order chi connectivity index (χ1) is 14.1. The van der Waals surface area contributed by atoms with Crippen molar-refractivity contribution in [3.63, 3.8) is 0 Å². The van der Waals surface area contributed by atoms with E-state index in [0.29, 0.717) is 6.54 Å². The molecule has 2 aromatic rings. The number of amides is 1. The lowest BCUT2D eigenvalue weighted by Crippen LogP contribution is -2.49. The monoisotopic (exact) mass is 454 g/mol. The molecule has 0 radical (unpaired) electrons. The molecule has 1 amide bonds. The van der Waals surface area contributed by atoms with Crippen LogP contribution in [0.5, 0.6) is 0 Å². The summed E-state index contributed by atoms with van der Waals surface area (Å²) in [5.41, 5.74) is 3.46. The summed E-state index contributed by atoms with van der Waals surface area (Å²) in [6.07, 6.45) is 2.97. The number of nitrogens with one attached hydrogen (secondary N) is 1. The third-order valence-electron chi connectivity index (χ3n) is 5.00. The molecule has 2 aromatic carbocycles. The van der Waals surface area contributed by atoms with Crippen LogP contribution in [0.3, 0.4) is 0 Å². The molecular weight excluding hydrogens is 427 g/mol. The lowest BCUT2D eigenvalue weighted by molar-refractivity contribution is -0.122. The average molecular weight is 455 g/mol. The molecule has 164 valence electrons. The summed E-state index contributed by atoms with van der Waals surface area (Å²) in [6.45, 7) is 6.13. The van der Waals surface area contributed by atoms with Crippen molar-refractivity contribution < 1.29 is 17.6 Å². The van der Waals surface area contributed by atoms with E-state index < -0.39 is 27.8 Å². The highest BCUT2D eigenvalue weighted by Gasteiger charge is 2.31. The zero-order valence-electron chi connectivity index (χ0n) is 17.7. The SMILES string of the molecule is CCc1ccc(CC)c(CNC(=O)[C@@H](CC)N(c2ccc(F)c(Cl)c2)S(C)(=O)=O)c1. The van der Waals surface area contributed by atoms with E-state index >= 15 is 0 Å². The molecule has 0 heterocycles. The van der Waals surface area contributed by atoms with E-state index in [2.05, 4.69) is 30.4 Å². The Morgan fingerprint density at radius 3 is 2.33 bits per heavy atom. The molecule has 0 aliphatic carbocycles. The van der Waals surface area contributed by atoms with Crippen LogP contribution in [0.4, 0.5) is 10.1 Å². The molecule has 0 aliphatic rings. The Bertz CT molecular complexity index is 1010. The molecule has 30 heavy (non-hydrogen) atoms. The van der Waals surface area contributed by atoms with Gasteiger partial charge in [0, 0.05) is 6.54 Å². The molecule has 1 atom stereocenters. The fraction of sp³-hybridized carbons (Fsp3) is 0.409. The number of aryl methyl sites for hydroxylation is 2. The smallest absolute Gasteiger partial charge is 0.244 e. The van der Waals surface area contributed by atoms with E-state index in [4.69, 9.17) is 11.6 Å². The number of sulfonamides is 1. The molecule has 0 bridgehead atoms. The zero-order chi connectivity index (χ0) is 22.5. The van der Waals surface area contributed by atoms with Gasteiger partial charge in [0.15, 0.2) is 0 Å². The summed E-state index contributed by atoms with van der Waals surface area (Å²) in [5.74, 6) is -1.08. The van der Waals surface area contributed by atoms with Crippen LogP contribution in [0.2, 0.25) is 5.02 Å². The normalized spacial score (nSPS) is 12.5. The fourth-order valence-electron chi connectivity index (χ4n) is 3.39. The van der Waals surface area contributed by atoms with Crippen molar-refractivity contribution in [2.24, 2.45) is 0 Å². The van der Waals surface area contributed by atoms with Gasteiger partial charge in [-0.25, -0.2) is 12.8 Å². The molecule has 2 rings (SSSR count). The van der Waals surface area contributed by atoms with E-state index in [9.17, 15) is 17.6 Å². The highest BCUT2D eigenvalue weighted by atomic mass is 35.5. The molecule has 1 N–H and O–H groups in total. The van der Waals surface area contributed by atoms with Gasteiger partial charge in [0.2, 0.25) is 15.9 Å². The van der Waals surface area contributed by atoms with Crippen molar-refractivity contribution >= 4 is 33.2 Å². The van der Waals surface area contributed by atoms with Gasteiger partial charge in [-0.1, -0.05) is 50.6 Å². The van der Waals surface area contributed by atoms with Crippen molar-refractivity contribution in [1.29, 1.82) is 0 Å². The lowest BCUT2D eigenvalue weighted by atomic mass is 10.0. The molecule has 0 unspecified atom stereocenters. The Kier molecular flexibility index (Phi) is 8.26. The van der Waals surface area contributed by atoms with Gasteiger partial charge >= 0.3 is 0 Å². The zero-order valence-corrected chi connectivity index (χ0v) is 19.3. The van der Waals surface area contributed by atoms with Crippen LogP contribution in [-0.4, -0.2) is 26.6 Å². The highest BCUT2D eigenvalue weighted by Crippen LogP contribution is 2.27. The van der Waals surface area contributed by atoms with Gasteiger partial charge in [-0.15, -0.1) is 0 Å². The number of anilines is 1. The number of rotatable bonds is 9. The Morgan fingerprint density at radius 2 is 1.80 bits per heavy atom. The molecule has 0 saturated heterocycles. The number of nitrogens with zero attached hydrogens (tertiary/aromatic N) is 1. The first-order valence-corrected chi connectivity index (χ1v) is 12.2. The van der Waals surface area contributed by atoms with Crippen LogP contribution in [0.15, 0.2) is 36.4 Å². The minimum atomic E-state index is -3.82. The number of carbonyl (C=O) groups is 1. The second kappa shape index (κ2) is 10.3. The van der Waals surface area contributed by atoms with Crippen molar-refractivity contribution in [2.45, 2.75) is 52.6 Å². The summed E-state index contributed by atoms with van der Waals surface area (Å²) >= 11 is 5.84. The Morgan fingerprint density at radius 1 is 1.10 bits per heavy atom. The third kappa shape index (κ3) is 5.73. The van der Waals surface area contributed by atoms with Crippen molar-refractivity contribution in [3.05, 3.63) is 63.9 Å². The molecule has 0 fully saturated rings. The second-order valence-corrected chi connectivity index (χ2v) is 9.38. The number of carbonyl (C=O) groups excluding carboxylic acids is 1. The summed E-state index contributed by atoms with van der Waals surface area (Å²) < 4.78 is 39.6. The summed E-state index contributed by atoms with van der Waals surface area (Å²) in [5, 5.41) is 2.66. The standard InChI is InChI=1S/C22H28ClFN2O3S/c1-5-15-8-9-16(6-2)17(12-15)14-25-22(27)21(7-3)26(30(4,28)29)18-10-11-20(24)19(23)13-18/h8-13,21H,5-7,14H2,1-4H3,(H,25,27)/t21-/m1/s1. The van der Waals surface area contributed by atoms with Gasteiger partial charge < -0.3 is 5.32 Å². The highest BCUT2D eigenvalue weighted by molar-refractivity contribution is 7.92. The number of benzene rings is 2. The van der Waals surface area contributed by atoms with Crippen LogP contribution >= 0.6 is 11.6 Å². The molecule has 0 aromatic heterocycles. The predicted octanol–water partition coefficient (Wildman–Crippen LogP) is 4.46. The van der Waals surface area contributed by atoms with Crippen LogP contribution in [0.25, 0.3) is 0 Å². The van der Waals surface area contributed by atoms with Gasteiger partial charge in [-0.3, -0.25) is 9.10 Å². The van der Waals surface area contributed by atoms with Crippen LogP contribution in [0, 0.1) is 5.82 Å². The van der Waals surface area contributed by atoms with E-state index in [1.807, 2.05) is 6.92 Å². The predicted molar refractivity (Wildman–Crippen MR) is 120 cm³/mol. The third-order valence-corrected chi connectivity index (χ3v) is 6.47. The summed E-state index contributed by atoms with van der Waals surface area (Å²) in [7, 11) is -3.82. The van der Waals surface area contributed by atoms with Gasteiger partial charge in [-0.05, 0) is 54.2 Å². The van der Waals surface area contributed by atoms with E-state index in [1.165, 1.54) is 17.7 Å². The molecule has 8 heteroatoms. The minimum absolute atomic E-state index is 0.146. The largest absolute Gasteiger partial charge is 0.350 e. The number of hydrogen-bond donors (Lipinski definition) is 1. The Balaban J connectivity index is 2.31. The quantitative estimate of drug-likeness (QED) is 0.608. The number of halogens is 2. The van der Waals surface area contributed by atoms with Gasteiger partial charge in [0.1, 0.15) is 11.9 Å². The maximum Gasteiger partial charge on any atom is 0.244 e. The molecule has 5 nitrogen and oxygen atoms in total. The van der Waals surface area contributed by atoms with Crippen molar-refractivity contribution in [2.75, 3.05) is 10.6 Å². The van der Waals surface area contributed by atoms with Gasteiger partial charge in [0.05, 0.1) is 17.0 Å². The second-order valence-electron chi connectivity index (χ2n) is 7.11. The topological polar surface area (TPSA) is 66.5 Å². The van der Waals surface area contributed by atoms with Gasteiger partial charge in [-0.2, -0.15) is 0 Å². The lowest BCUT2D eigenvalue weighted by Gasteiger charge is -2.30. The minimum Gasteiger partial charge on any atom is -0.350 e. The van der Waals surface area contributed by atoms with Crippen molar-refractivity contribution in [3.8, 4) is 0 Å². The van der Waals surface area contributed by atoms with E-state index in [-0.39, 0.29) is 17.1 Å². The van der Waals surface area contributed by atoms with Gasteiger partial charge in [0.25, 0.3) is 0 Å². The maximum atomic E-state index is 13.6. The molecule has 0 spiro atoms. The Hall–Kier alpha value is -2.12. The number of hydrogen-bond acceptors (Lipinski definition) is 3. The van der Waals surface area contributed by atoms with Crippen LogP contribution in [-0.2, 0) is 34.2 Å². The first kappa shape index (κ1) is 24.2. The fourth-order valence-corrected chi connectivity index (χ4v) is 4.77. The molecular formula is C22H28ClFN2O3S.